The van der Waals surface area contributed by atoms with Crippen LogP contribution in [0.15, 0.2) is 41.6 Å². The maximum Gasteiger partial charge on any atom is 0.243 e. The zero-order valence-electron chi connectivity index (χ0n) is 16.9. The van der Waals surface area contributed by atoms with Gasteiger partial charge in [0, 0.05) is 31.3 Å². The smallest absolute Gasteiger partial charge is 0.243 e. The highest BCUT2D eigenvalue weighted by molar-refractivity contribution is 7.89. The van der Waals surface area contributed by atoms with Crippen LogP contribution in [0, 0.1) is 11.7 Å². The molecule has 2 atom stereocenters. The van der Waals surface area contributed by atoms with Gasteiger partial charge in [-0.3, -0.25) is 0 Å². The average Bonchev–Trinajstić information content (AvgIpc) is 3.15. The zero-order valence-corrected chi connectivity index (χ0v) is 18.5. The van der Waals surface area contributed by atoms with Crippen LogP contribution < -0.4 is 4.74 Å². The Bertz CT molecular complexity index is 1190. The maximum absolute atomic E-state index is 13.1. The summed E-state index contributed by atoms with van der Waals surface area (Å²) < 4.78 is 45.8. The van der Waals surface area contributed by atoms with E-state index in [4.69, 9.17) is 16.3 Å². The molecular formula is C20H21ClFN5O3S. The Kier molecular flexibility index (Phi) is 5.96. The Balaban J connectivity index is 1.54. The summed E-state index contributed by atoms with van der Waals surface area (Å²) in [4.78, 5) is 15.7. The number of piperidine rings is 1. The third-order valence-electron chi connectivity index (χ3n) is 5.45. The van der Waals surface area contributed by atoms with Crippen molar-refractivity contribution in [3.05, 3.63) is 53.3 Å². The van der Waals surface area contributed by atoms with E-state index >= 15 is 0 Å². The molecular weight excluding hydrogens is 445 g/mol. The summed E-state index contributed by atoms with van der Waals surface area (Å²) in [6.07, 6.45) is 3.10. The van der Waals surface area contributed by atoms with E-state index in [-0.39, 0.29) is 22.6 Å². The molecule has 3 aromatic rings. The van der Waals surface area contributed by atoms with Crippen LogP contribution in [0.3, 0.4) is 0 Å². The predicted molar refractivity (Wildman–Crippen MR) is 113 cm³/mol. The number of sulfonamides is 1. The van der Waals surface area contributed by atoms with Crippen molar-refractivity contribution < 1.29 is 17.5 Å². The molecule has 1 aliphatic rings. The Labute approximate surface area is 184 Å². The monoisotopic (exact) mass is 465 g/mol. The van der Waals surface area contributed by atoms with E-state index in [0.717, 1.165) is 11.9 Å². The SMILES string of the molecule is COc1cc(S(=O)(=O)N2CC[C@@H](c3[nH]c(-c4ccc(F)cn4)nc3Cl)[C@@H](C)C2)ccn1. The predicted octanol–water partition coefficient (Wildman–Crippen LogP) is 3.48. The van der Waals surface area contributed by atoms with Gasteiger partial charge < -0.3 is 9.72 Å². The lowest BCUT2D eigenvalue weighted by atomic mass is 9.86. The van der Waals surface area contributed by atoms with Crippen LogP contribution in [-0.4, -0.2) is 52.9 Å². The van der Waals surface area contributed by atoms with Crippen LogP contribution in [-0.2, 0) is 10.0 Å². The maximum atomic E-state index is 13.1. The average molecular weight is 466 g/mol. The first-order valence-electron chi connectivity index (χ1n) is 9.67. The lowest BCUT2D eigenvalue weighted by molar-refractivity contribution is 0.246. The standard InChI is InChI=1S/C20H21ClFN5O3S/c1-12-11-27(31(28,29)14-5-7-23-17(9-14)30-2)8-6-15(12)18-19(21)26-20(25-18)16-4-3-13(22)10-24-16/h3-5,7,9-10,12,15H,6,8,11H2,1-2H3,(H,25,26)/t12-,15+/m0/s1. The van der Waals surface area contributed by atoms with E-state index in [2.05, 4.69) is 19.9 Å². The third kappa shape index (κ3) is 4.28. The van der Waals surface area contributed by atoms with Gasteiger partial charge in [0.15, 0.2) is 11.0 Å². The van der Waals surface area contributed by atoms with Gasteiger partial charge in [-0.2, -0.15) is 4.31 Å². The summed E-state index contributed by atoms with van der Waals surface area (Å²) in [5, 5.41) is 0.313. The van der Waals surface area contributed by atoms with E-state index in [9.17, 15) is 12.8 Å². The number of aromatic nitrogens is 4. The molecule has 164 valence electrons. The number of H-pyrrole nitrogens is 1. The number of nitrogens with zero attached hydrogens (tertiary/aromatic N) is 4. The van der Waals surface area contributed by atoms with Crippen LogP contribution in [0.4, 0.5) is 4.39 Å². The van der Waals surface area contributed by atoms with Gasteiger partial charge in [0.2, 0.25) is 15.9 Å². The molecule has 1 N–H and O–H groups in total. The van der Waals surface area contributed by atoms with Gasteiger partial charge in [-0.1, -0.05) is 18.5 Å². The zero-order chi connectivity index (χ0) is 22.2. The first-order chi connectivity index (χ1) is 14.8. The van der Waals surface area contributed by atoms with Crippen molar-refractivity contribution in [3.8, 4) is 17.4 Å². The summed E-state index contributed by atoms with van der Waals surface area (Å²) in [6.45, 7) is 2.64. The molecule has 1 aliphatic heterocycles. The molecule has 3 aromatic heterocycles. The van der Waals surface area contributed by atoms with E-state index in [1.165, 1.54) is 41.9 Å². The topological polar surface area (TPSA) is 101 Å². The number of hydrogen-bond donors (Lipinski definition) is 1. The van der Waals surface area contributed by atoms with E-state index in [1.807, 2.05) is 6.92 Å². The molecule has 8 nitrogen and oxygen atoms in total. The van der Waals surface area contributed by atoms with Crippen molar-refractivity contribution in [2.75, 3.05) is 20.2 Å². The molecule has 0 saturated carbocycles. The summed E-state index contributed by atoms with van der Waals surface area (Å²) in [7, 11) is -2.24. The molecule has 31 heavy (non-hydrogen) atoms. The second-order valence-corrected chi connectivity index (χ2v) is 9.72. The first kappa shape index (κ1) is 21.7. The number of hydrogen-bond acceptors (Lipinski definition) is 6. The minimum Gasteiger partial charge on any atom is -0.481 e. The van der Waals surface area contributed by atoms with Gasteiger partial charge in [0.05, 0.1) is 23.9 Å². The van der Waals surface area contributed by atoms with Crippen LogP contribution in [0.2, 0.25) is 5.15 Å². The molecule has 0 spiro atoms. The quantitative estimate of drug-likeness (QED) is 0.619. The molecule has 0 aromatic carbocycles. The number of halogens is 2. The number of rotatable bonds is 5. The summed E-state index contributed by atoms with van der Waals surface area (Å²) in [5.41, 5.74) is 1.21. The fraction of sp³-hybridized carbons (Fsp3) is 0.350. The number of aromatic amines is 1. The van der Waals surface area contributed by atoms with Gasteiger partial charge in [-0.05, 0) is 30.5 Å². The van der Waals surface area contributed by atoms with E-state index < -0.39 is 15.8 Å². The molecule has 0 unspecified atom stereocenters. The fourth-order valence-electron chi connectivity index (χ4n) is 3.82. The minimum absolute atomic E-state index is 0.00683. The number of imidazole rings is 1. The van der Waals surface area contributed by atoms with Crippen molar-refractivity contribution in [2.45, 2.75) is 24.2 Å². The van der Waals surface area contributed by atoms with Crippen LogP contribution >= 0.6 is 11.6 Å². The first-order valence-corrected chi connectivity index (χ1v) is 11.5. The van der Waals surface area contributed by atoms with Gasteiger partial charge in [-0.25, -0.2) is 27.8 Å². The van der Waals surface area contributed by atoms with Gasteiger partial charge in [-0.15, -0.1) is 0 Å². The molecule has 1 fully saturated rings. The van der Waals surface area contributed by atoms with Crippen molar-refractivity contribution in [2.24, 2.45) is 5.92 Å². The molecule has 1 saturated heterocycles. The number of pyridine rings is 2. The minimum atomic E-state index is -3.68. The third-order valence-corrected chi connectivity index (χ3v) is 7.60. The fourth-order valence-corrected chi connectivity index (χ4v) is 5.65. The van der Waals surface area contributed by atoms with Crippen molar-refractivity contribution in [3.63, 3.8) is 0 Å². The molecule has 0 amide bonds. The summed E-state index contributed by atoms with van der Waals surface area (Å²) >= 11 is 6.38. The van der Waals surface area contributed by atoms with Gasteiger partial charge in [0.1, 0.15) is 11.5 Å². The van der Waals surface area contributed by atoms with Crippen LogP contribution in [0.5, 0.6) is 5.88 Å². The molecule has 11 heteroatoms. The number of methoxy groups -OCH3 is 1. The Morgan fingerprint density at radius 3 is 2.77 bits per heavy atom. The second-order valence-electron chi connectivity index (χ2n) is 7.42. The van der Waals surface area contributed by atoms with Gasteiger partial charge in [0.25, 0.3) is 0 Å². The Hall–Kier alpha value is -2.56. The molecule has 0 radical (unpaired) electrons. The molecule has 4 rings (SSSR count). The Morgan fingerprint density at radius 2 is 2.10 bits per heavy atom. The summed E-state index contributed by atoms with van der Waals surface area (Å²) in [6, 6.07) is 5.70. The van der Waals surface area contributed by atoms with Crippen LogP contribution in [0.1, 0.15) is 25.0 Å². The van der Waals surface area contributed by atoms with Crippen molar-refractivity contribution in [1.82, 2.24) is 24.2 Å². The lowest BCUT2D eigenvalue weighted by Gasteiger charge is -2.35. The van der Waals surface area contributed by atoms with Crippen LogP contribution in [0.25, 0.3) is 11.5 Å². The van der Waals surface area contributed by atoms with Gasteiger partial charge >= 0.3 is 0 Å². The second kappa shape index (κ2) is 8.52. The van der Waals surface area contributed by atoms with E-state index in [0.29, 0.717) is 36.2 Å². The van der Waals surface area contributed by atoms with Crippen molar-refractivity contribution in [1.29, 1.82) is 0 Å². The van der Waals surface area contributed by atoms with E-state index in [1.54, 1.807) is 0 Å². The Morgan fingerprint density at radius 1 is 1.29 bits per heavy atom. The summed E-state index contributed by atoms with van der Waals surface area (Å²) in [5.74, 6) is 0.240. The highest BCUT2D eigenvalue weighted by Crippen LogP contribution is 2.38. The highest BCUT2D eigenvalue weighted by Gasteiger charge is 2.36. The normalized spacial score (nSPS) is 20.0. The number of nitrogens with one attached hydrogen (secondary N) is 1. The molecule has 0 bridgehead atoms. The largest absolute Gasteiger partial charge is 0.481 e. The number of ether oxygens (including phenoxy) is 1. The van der Waals surface area contributed by atoms with Crippen molar-refractivity contribution >= 4 is 21.6 Å². The highest BCUT2D eigenvalue weighted by atomic mass is 35.5. The molecule has 0 aliphatic carbocycles. The molecule has 4 heterocycles. The lowest BCUT2D eigenvalue weighted by Crippen LogP contribution is -2.42.